The van der Waals surface area contributed by atoms with Gasteiger partial charge < -0.3 is 5.32 Å². The summed E-state index contributed by atoms with van der Waals surface area (Å²) < 4.78 is 0. The first-order valence-corrected chi connectivity index (χ1v) is 7.98. The molecule has 0 radical (unpaired) electrons. The summed E-state index contributed by atoms with van der Waals surface area (Å²) in [5.41, 5.74) is 2.24. The fourth-order valence-electron chi connectivity index (χ4n) is 2.71. The molecule has 5 nitrogen and oxygen atoms in total. The van der Waals surface area contributed by atoms with Crippen molar-refractivity contribution in [1.82, 2.24) is 10.3 Å². The number of benzene rings is 1. The van der Waals surface area contributed by atoms with E-state index >= 15 is 0 Å². The summed E-state index contributed by atoms with van der Waals surface area (Å²) in [6.07, 6.45) is 3.40. The number of fused-ring (bicyclic) bond motifs is 1. The van der Waals surface area contributed by atoms with Crippen LogP contribution < -0.4 is 5.32 Å². The number of aryl methyl sites for hydroxylation is 1. The Hall–Kier alpha value is -1.79. The van der Waals surface area contributed by atoms with Gasteiger partial charge in [0.2, 0.25) is 0 Å². The molecule has 1 N–H and O–H groups in total. The van der Waals surface area contributed by atoms with Crippen molar-refractivity contribution in [2.45, 2.75) is 32.2 Å². The van der Waals surface area contributed by atoms with Gasteiger partial charge in [0.15, 0.2) is 0 Å². The molecule has 1 aromatic heterocycles. The lowest BCUT2D eigenvalue weighted by Gasteiger charge is -2.21. The third-order valence-corrected chi connectivity index (χ3v) is 4.91. The Morgan fingerprint density at radius 3 is 2.86 bits per heavy atom. The van der Waals surface area contributed by atoms with Crippen LogP contribution in [0, 0.1) is 10.1 Å². The van der Waals surface area contributed by atoms with Crippen LogP contribution in [0.4, 0.5) is 5.69 Å². The molecule has 0 saturated heterocycles. The number of non-ortho nitro benzene ring substituents is 1. The molecule has 0 aliphatic heterocycles. The SMILES string of the molecule is CCNC1CCCc2sc(-c3ccc([N+](=O)[O-])cc3)nc21. The van der Waals surface area contributed by atoms with Crippen molar-refractivity contribution in [3.63, 3.8) is 0 Å². The Morgan fingerprint density at radius 1 is 1.43 bits per heavy atom. The number of hydrogen-bond acceptors (Lipinski definition) is 5. The van der Waals surface area contributed by atoms with Crippen molar-refractivity contribution >= 4 is 17.0 Å². The zero-order chi connectivity index (χ0) is 14.8. The van der Waals surface area contributed by atoms with Crippen LogP contribution in [-0.2, 0) is 6.42 Å². The van der Waals surface area contributed by atoms with Crippen LogP contribution >= 0.6 is 11.3 Å². The van der Waals surface area contributed by atoms with E-state index in [2.05, 4.69) is 12.2 Å². The fourth-order valence-corrected chi connectivity index (χ4v) is 3.88. The van der Waals surface area contributed by atoms with Crippen molar-refractivity contribution in [2.75, 3.05) is 6.54 Å². The van der Waals surface area contributed by atoms with Crippen LogP contribution in [0.1, 0.15) is 36.4 Å². The monoisotopic (exact) mass is 303 g/mol. The fraction of sp³-hybridized carbons (Fsp3) is 0.400. The number of nitrogens with one attached hydrogen (secondary N) is 1. The molecule has 21 heavy (non-hydrogen) atoms. The molecule has 110 valence electrons. The lowest BCUT2D eigenvalue weighted by Crippen LogP contribution is -2.24. The first-order valence-electron chi connectivity index (χ1n) is 7.17. The Morgan fingerprint density at radius 2 is 2.19 bits per heavy atom. The lowest BCUT2D eigenvalue weighted by molar-refractivity contribution is -0.384. The van der Waals surface area contributed by atoms with Gasteiger partial charge in [-0.1, -0.05) is 6.92 Å². The van der Waals surface area contributed by atoms with E-state index in [1.165, 1.54) is 29.1 Å². The van der Waals surface area contributed by atoms with E-state index < -0.39 is 0 Å². The molecule has 0 fully saturated rings. The standard InChI is InChI=1S/C15H17N3O2S/c1-2-16-12-4-3-5-13-14(12)17-15(21-13)10-6-8-11(9-7-10)18(19)20/h6-9,12,16H,2-5H2,1H3. The van der Waals surface area contributed by atoms with Crippen LogP contribution in [0.5, 0.6) is 0 Å². The van der Waals surface area contributed by atoms with Crippen molar-refractivity contribution < 1.29 is 4.92 Å². The minimum atomic E-state index is -0.377. The van der Waals surface area contributed by atoms with Gasteiger partial charge in [-0.15, -0.1) is 11.3 Å². The molecular weight excluding hydrogens is 286 g/mol. The quantitative estimate of drug-likeness (QED) is 0.690. The van der Waals surface area contributed by atoms with Gasteiger partial charge in [0.05, 0.1) is 16.7 Å². The third-order valence-electron chi connectivity index (χ3n) is 3.73. The highest BCUT2D eigenvalue weighted by Gasteiger charge is 2.24. The second-order valence-corrected chi connectivity index (χ2v) is 6.22. The minimum Gasteiger partial charge on any atom is -0.309 e. The van der Waals surface area contributed by atoms with Crippen LogP contribution in [0.3, 0.4) is 0 Å². The Labute approximate surface area is 127 Å². The predicted molar refractivity (Wildman–Crippen MR) is 83.6 cm³/mol. The Bertz CT molecular complexity index is 651. The molecule has 1 unspecified atom stereocenters. The van der Waals surface area contributed by atoms with Crippen molar-refractivity contribution in [3.05, 3.63) is 45.0 Å². The zero-order valence-corrected chi connectivity index (χ0v) is 12.7. The Balaban J connectivity index is 1.91. The largest absolute Gasteiger partial charge is 0.309 e. The molecule has 3 rings (SSSR count). The van der Waals surface area contributed by atoms with E-state index in [4.69, 9.17) is 4.98 Å². The van der Waals surface area contributed by atoms with Gasteiger partial charge >= 0.3 is 0 Å². The lowest BCUT2D eigenvalue weighted by atomic mass is 9.97. The first kappa shape index (κ1) is 14.2. The number of rotatable bonds is 4. The summed E-state index contributed by atoms with van der Waals surface area (Å²) in [6, 6.07) is 6.99. The maximum Gasteiger partial charge on any atom is 0.269 e. The number of aromatic nitrogens is 1. The van der Waals surface area contributed by atoms with Crippen molar-refractivity contribution in [3.8, 4) is 10.6 Å². The number of nitro benzene ring substituents is 1. The third kappa shape index (κ3) is 2.82. The molecule has 1 aliphatic rings. The predicted octanol–water partition coefficient (Wildman–Crippen LogP) is 3.71. The zero-order valence-electron chi connectivity index (χ0n) is 11.8. The normalized spacial score (nSPS) is 17.5. The molecule has 1 atom stereocenters. The van der Waals surface area contributed by atoms with E-state index in [1.807, 2.05) is 0 Å². The average Bonchev–Trinajstić information content (AvgIpc) is 2.93. The van der Waals surface area contributed by atoms with Gasteiger partial charge in [0.1, 0.15) is 5.01 Å². The van der Waals surface area contributed by atoms with Crippen LogP contribution in [0.2, 0.25) is 0 Å². The summed E-state index contributed by atoms with van der Waals surface area (Å²) in [4.78, 5) is 16.5. The number of nitrogens with zero attached hydrogens (tertiary/aromatic N) is 2. The van der Waals surface area contributed by atoms with Crippen LogP contribution in [-0.4, -0.2) is 16.5 Å². The molecule has 0 amide bonds. The smallest absolute Gasteiger partial charge is 0.269 e. The van der Waals surface area contributed by atoms with E-state index in [1.54, 1.807) is 23.5 Å². The molecule has 0 spiro atoms. The number of thiazole rings is 1. The molecule has 0 saturated carbocycles. The summed E-state index contributed by atoms with van der Waals surface area (Å²) in [5.74, 6) is 0. The maximum atomic E-state index is 10.7. The summed E-state index contributed by atoms with van der Waals surface area (Å²) in [5, 5.41) is 15.1. The van der Waals surface area contributed by atoms with Gasteiger partial charge in [0, 0.05) is 22.6 Å². The molecule has 1 aromatic carbocycles. The second kappa shape index (κ2) is 5.91. The molecule has 2 aromatic rings. The van der Waals surface area contributed by atoms with Gasteiger partial charge in [-0.05, 0) is 37.9 Å². The Kier molecular flexibility index (Phi) is 3.98. The van der Waals surface area contributed by atoms with E-state index in [0.29, 0.717) is 6.04 Å². The van der Waals surface area contributed by atoms with Gasteiger partial charge in [-0.2, -0.15) is 0 Å². The van der Waals surface area contributed by atoms with E-state index in [-0.39, 0.29) is 10.6 Å². The summed E-state index contributed by atoms with van der Waals surface area (Å²) in [7, 11) is 0. The highest BCUT2D eigenvalue weighted by molar-refractivity contribution is 7.15. The summed E-state index contributed by atoms with van der Waals surface area (Å²) in [6.45, 7) is 3.05. The molecule has 1 heterocycles. The van der Waals surface area contributed by atoms with Crippen LogP contribution in [0.15, 0.2) is 24.3 Å². The first-order chi connectivity index (χ1) is 10.2. The van der Waals surface area contributed by atoms with E-state index in [0.717, 1.165) is 30.0 Å². The highest BCUT2D eigenvalue weighted by atomic mass is 32.1. The molecule has 0 bridgehead atoms. The maximum absolute atomic E-state index is 10.7. The topological polar surface area (TPSA) is 68.1 Å². The molecule has 1 aliphatic carbocycles. The second-order valence-electron chi connectivity index (χ2n) is 5.13. The van der Waals surface area contributed by atoms with E-state index in [9.17, 15) is 10.1 Å². The number of hydrogen-bond donors (Lipinski definition) is 1. The van der Waals surface area contributed by atoms with Crippen molar-refractivity contribution in [2.24, 2.45) is 0 Å². The minimum absolute atomic E-state index is 0.116. The highest BCUT2D eigenvalue weighted by Crippen LogP contribution is 2.37. The van der Waals surface area contributed by atoms with Gasteiger partial charge in [-0.25, -0.2) is 4.98 Å². The van der Waals surface area contributed by atoms with Crippen LogP contribution in [0.25, 0.3) is 10.6 Å². The molecular formula is C15H17N3O2S. The molecule has 6 heteroatoms. The van der Waals surface area contributed by atoms with Crippen molar-refractivity contribution in [1.29, 1.82) is 0 Å². The average molecular weight is 303 g/mol. The van der Waals surface area contributed by atoms with Gasteiger partial charge in [0.25, 0.3) is 5.69 Å². The number of nitro groups is 1. The summed E-state index contributed by atoms with van der Waals surface area (Å²) >= 11 is 1.71. The van der Waals surface area contributed by atoms with Gasteiger partial charge in [-0.3, -0.25) is 10.1 Å².